The second kappa shape index (κ2) is 8.25. The molecule has 1 aliphatic heterocycles. The average molecular weight is 410 g/mol. The van der Waals surface area contributed by atoms with Crippen LogP contribution in [0.3, 0.4) is 0 Å². The fraction of sp³-hybridized carbons (Fsp3) is 0.476. The Balaban J connectivity index is 1.27. The summed E-state index contributed by atoms with van der Waals surface area (Å²) < 4.78 is 3.52. The average Bonchev–Trinajstić information content (AvgIpc) is 3.33. The number of fused-ring (bicyclic) bond motifs is 1. The van der Waals surface area contributed by atoms with Crippen molar-refractivity contribution in [3.63, 3.8) is 0 Å². The molecule has 0 saturated carbocycles. The highest BCUT2D eigenvalue weighted by Gasteiger charge is 2.29. The van der Waals surface area contributed by atoms with Crippen molar-refractivity contribution >= 4 is 17.2 Å². The van der Waals surface area contributed by atoms with Gasteiger partial charge in [0.1, 0.15) is 11.3 Å². The normalized spacial score (nSPS) is 15.1. The molecule has 1 fully saturated rings. The van der Waals surface area contributed by atoms with Crippen molar-refractivity contribution in [1.29, 1.82) is 0 Å². The van der Waals surface area contributed by atoms with Crippen LogP contribution in [0.15, 0.2) is 29.6 Å². The monoisotopic (exact) mass is 410 g/mol. The Morgan fingerprint density at radius 2 is 2.00 bits per heavy atom. The summed E-state index contributed by atoms with van der Waals surface area (Å²) in [7, 11) is 1.82. The highest BCUT2D eigenvalue weighted by Crippen LogP contribution is 2.22. The second-order valence-electron chi connectivity index (χ2n) is 7.90. The molecule has 1 N–H and O–H groups in total. The first-order chi connectivity index (χ1) is 14.4. The minimum Gasteiger partial charge on any atom is -0.343 e. The lowest BCUT2D eigenvalue weighted by molar-refractivity contribution is -0.132. The number of rotatable bonds is 6. The molecular weight excluding hydrogens is 384 g/mol. The van der Waals surface area contributed by atoms with Crippen LogP contribution in [-0.2, 0) is 18.3 Å². The zero-order chi connectivity index (χ0) is 21.3. The topological polar surface area (TPSA) is 105 Å². The van der Waals surface area contributed by atoms with Crippen LogP contribution in [0.1, 0.15) is 47.8 Å². The molecule has 3 aromatic heterocycles. The summed E-state index contributed by atoms with van der Waals surface area (Å²) in [6.07, 6.45) is 9.85. The van der Waals surface area contributed by atoms with E-state index in [1.165, 1.54) is 0 Å². The van der Waals surface area contributed by atoms with E-state index in [0.717, 1.165) is 11.5 Å². The van der Waals surface area contributed by atoms with Gasteiger partial charge in [-0.2, -0.15) is 0 Å². The van der Waals surface area contributed by atoms with Crippen molar-refractivity contribution in [2.24, 2.45) is 13.0 Å². The van der Waals surface area contributed by atoms with E-state index in [9.17, 15) is 14.4 Å². The molecule has 4 rings (SSSR count). The van der Waals surface area contributed by atoms with E-state index in [1.54, 1.807) is 27.6 Å². The van der Waals surface area contributed by atoms with Gasteiger partial charge < -0.3 is 14.5 Å². The number of ketones is 1. The Labute approximate surface area is 173 Å². The maximum atomic E-state index is 12.6. The lowest BCUT2D eigenvalue weighted by atomic mass is 9.92. The molecular formula is C21H26N6O3. The summed E-state index contributed by atoms with van der Waals surface area (Å²) in [5, 5.41) is 0. The number of H-pyrrole nitrogens is 1. The zero-order valence-electron chi connectivity index (χ0n) is 17.3. The van der Waals surface area contributed by atoms with Crippen LogP contribution in [-0.4, -0.2) is 53.6 Å². The molecule has 9 nitrogen and oxygen atoms in total. The van der Waals surface area contributed by atoms with Crippen LogP contribution >= 0.6 is 0 Å². The molecule has 0 unspecified atom stereocenters. The first-order valence-electron chi connectivity index (χ1n) is 10.3. The van der Waals surface area contributed by atoms with Gasteiger partial charge in [0.15, 0.2) is 5.82 Å². The SMILES string of the molecule is Cc1ncc2c(=O)[nH]c(CCCC(=O)N3CCC(C(=O)c4nccn4C)CC3)cn12. The first-order valence-corrected chi connectivity index (χ1v) is 10.3. The third kappa shape index (κ3) is 3.92. The first kappa shape index (κ1) is 20.1. The molecule has 1 amide bonds. The maximum absolute atomic E-state index is 12.6. The van der Waals surface area contributed by atoms with Gasteiger partial charge in [0.25, 0.3) is 5.56 Å². The number of likely N-dealkylation sites (tertiary alicyclic amines) is 1. The summed E-state index contributed by atoms with van der Waals surface area (Å²) in [5.41, 5.74) is 1.15. The van der Waals surface area contributed by atoms with Gasteiger partial charge in [0.05, 0.1) is 6.20 Å². The zero-order valence-corrected chi connectivity index (χ0v) is 17.3. The largest absolute Gasteiger partial charge is 0.343 e. The van der Waals surface area contributed by atoms with E-state index in [-0.39, 0.29) is 23.2 Å². The van der Waals surface area contributed by atoms with Crippen molar-refractivity contribution in [2.45, 2.75) is 39.0 Å². The Morgan fingerprint density at radius 1 is 1.23 bits per heavy atom. The van der Waals surface area contributed by atoms with E-state index < -0.39 is 0 Å². The van der Waals surface area contributed by atoms with Crippen molar-refractivity contribution < 1.29 is 9.59 Å². The smallest absolute Gasteiger partial charge is 0.274 e. The number of piperidine rings is 1. The van der Waals surface area contributed by atoms with Crippen LogP contribution in [0.5, 0.6) is 0 Å². The lowest BCUT2D eigenvalue weighted by Gasteiger charge is -2.31. The molecule has 1 aliphatic rings. The fourth-order valence-corrected chi connectivity index (χ4v) is 4.07. The quantitative estimate of drug-likeness (QED) is 0.620. The summed E-state index contributed by atoms with van der Waals surface area (Å²) in [4.78, 5) is 50.3. The number of aromatic nitrogens is 5. The molecule has 0 radical (unpaired) electrons. The van der Waals surface area contributed by atoms with Gasteiger partial charge >= 0.3 is 0 Å². The van der Waals surface area contributed by atoms with E-state index in [2.05, 4.69) is 15.0 Å². The Hall–Kier alpha value is -3.23. The standard InChI is InChI=1S/C21H26N6O3/c1-14-23-12-17-21(30)24-16(13-27(14)17)4-3-5-18(28)26-9-6-15(7-10-26)19(29)20-22-8-11-25(20)2/h8,11-13,15H,3-7,9-10H2,1-2H3,(H,24,30). The predicted octanol–water partition coefficient (Wildman–Crippen LogP) is 1.51. The van der Waals surface area contributed by atoms with Crippen molar-refractivity contribution in [1.82, 2.24) is 28.8 Å². The molecule has 9 heteroatoms. The number of aryl methyl sites for hydroxylation is 3. The number of nitrogens with zero attached hydrogens (tertiary/aromatic N) is 5. The number of aromatic amines is 1. The van der Waals surface area contributed by atoms with Gasteiger partial charge in [-0.15, -0.1) is 0 Å². The van der Waals surface area contributed by atoms with Gasteiger partial charge in [-0.3, -0.25) is 18.8 Å². The minimum absolute atomic E-state index is 0.0590. The van der Waals surface area contributed by atoms with Gasteiger partial charge in [-0.25, -0.2) is 9.97 Å². The Bertz CT molecular complexity index is 1130. The molecule has 0 aliphatic carbocycles. The van der Waals surface area contributed by atoms with Crippen LogP contribution in [0, 0.1) is 12.8 Å². The fourth-order valence-electron chi connectivity index (χ4n) is 4.07. The third-order valence-corrected chi connectivity index (χ3v) is 5.87. The van der Waals surface area contributed by atoms with Crippen LogP contribution in [0.2, 0.25) is 0 Å². The molecule has 30 heavy (non-hydrogen) atoms. The van der Waals surface area contributed by atoms with Crippen molar-refractivity contribution in [3.8, 4) is 0 Å². The number of amides is 1. The molecule has 1 saturated heterocycles. The third-order valence-electron chi connectivity index (χ3n) is 5.87. The van der Waals surface area contributed by atoms with Gasteiger partial charge in [-0.05, 0) is 32.6 Å². The lowest BCUT2D eigenvalue weighted by Crippen LogP contribution is -2.40. The highest BCUT2D eigenvalue weighted by molar-refractivity contribution is 5.95. The number of Topliss-reactive ketones (excluding diaryl/α,β-unsaturated/α-hetero) is 1. The van der Waals surface area contributed by atoms with Gasteiger partial charge in [0.2, 0.25) is 11.7 Å². The van der Waals surface area contributed by atoms with Crippen LogP contribution < -0.4 is 5.56 Å². The highest BCUT2D eigenvalue weighted by atomic mass is 16.2. The Morgan fingerprint density at radius 3 is 2.70 bits per heavy atom. The van der Waals surface area contributed by atoms with Gasteiger partial charge in [-0.1, -0.05) is 0 Å². The number of carbonyl (C=O) groups excluding carboxylic acids is 2. The summed E-state index contributed by atoms with van der Waals surface area (Å²) in [5.74, 6) is 1.32. The van der Waals surface area contributed by atoms with E-state index in [0.29, 0.717) is 56.5 Å². The molecule has 0 bridgehead atoms. The van der Waals surface area contributed by atoms with Crippen LogP contribution in [0.4, 0.5) is 0 Å². The molecule has 3 aromatic rings. The summed E-state index contributed by atoms with van der Waals surface area (Å²) in [6, 6.07) is 0. The predicted molar refractivity (Wildman–Crippen MR) is 110 cm³/mol. The molecule has 4 heterocycles. The number of carbonyl (C=O) groups is 2. The summed E-state index contributed by atoms with van der Waals surface area (Å²) >= 11 is 0. The van der Waals surface area contributed by atoms with Crippen LogP contribution in [0.25, 0.3) is 5.52 Å². The van der Waals surface area contributed by atoms with E-state index in [4.69, 9.17) is 0 Å². The van der Waals surface area contributed by atoms with Gasteiger partial charge in [0, 0.05) is 56.8 Å². The molecule has 0 aromatic carbocycles. The van der Waals surface area contributed by atoms with Crippen molar-refractivity contribution in [3.05, 3.63) is 52.5 Å². The Kier molecular flexibility index (Phi) is 5.52. The van der Waals surface area contributed by atoms with E-state index >= 15 is 0 Å². The minimum atomic E-state index is -0.168. The molecule has 0 atom stereocenters. The summed E-state index contributed by atoms with van der Waals surface area (Å²) in [6.45, 7) is 3.04. The number of imidazole rings is 2. The maximum Gasteiger partial charge on any atom is 0.274 e. The van der Waals surface area contributed by atoms with E-state index in [1.807, 2.05) is 25.1 Å². The second-order valence-corrected chi connectivity index (χ2v) is 7.90. The number of hydrogen-bond acceptors (Lipinski definition) is 5. The van der Waals surface area contributed by atoms with Crippen molar-refractivity contribution in [2.75, 3.05) is 13.1 Å². The number of nitrogens with one attached hydrogen (secondary N) is 1. The molecule has 0 spiro atoms. The molecule has 158 valence electrons. The number of hydrogen-bond donors (Lipinski definition) is 1.